The van der Waals surface area contributed by atoms with Crippen molar-refractivity contribution in [2.75, 3.05) is 20.3 Å². The van der Waals surface area contributed by atoms with Gasteiger partial charge in [0.2, 0.25) is 0 Å². The van der Waals surface area contributed by atoms with E-state index in [0.29, 0.717) is 22.8 Å². The molecule has 34 heavy (non-hydrogen) atoms. The van der Waals surface area contributed by atoms with Crippen molar-refractivity contribution in [3.05, 3.63) is 93.1 Å². The summed E-state index contributed by atoms with van der Waals surface area (Å²) in [5.41, 5.74) is 1.23. The smallest absolute Gasteiger partial charge is 0.293 e. The molecule has 0 N–H and O–H groups in total. The summed E-state index contributed by atoms with van der Waals surface area (Å²) < 4.78 is 12.7. The normalized spacial score (nSPS) is 14.6. The third kappa shape index (κ3) is 4.96. The molecule has 2 amide bonds. The highest BCUT2D eigenvalue weighted by Gasteiger charge is 2.35. The summed E-state index contributed by atoms with van der Waals surface area (Å²) in [4.78, 5) is 37.6. The first-order valence-corrected chi connectivity index (χ1v) is 11.2. The van der Waals surface area contributed by atoms with Crippen molar-refractivity contribution < 1.29 is 24.0 Å². The van der Waals surface area contributed by atoms with Crippen molar-refractivity contribution in [1.29, 1.82) is 0 Å². The highest BCUT2D eigenvalue weighted by atomic mass is 32.2. The molecule has 0 aliphatic carbocycles. The molecule has 1 aliphatic rings. The zero-order chi connectivity index (χ0) is 24.1. The van der Waals surface area contributed by atoms with Crippen LogP contribution in [0.25, 0.3) is 6.08 Å². The summed E-state index contributed by atoms with van der Waals surface area (Å²) in [5.74, 6) is 0.688. The van der Waals surface area contributed by atoms with Crippen LogP contribution in [-0.2, 0) is 11.3 Å². The quantitative estimate of drug-likeness (QED) is 0.252. The van der Waals surface area contributed by atoms with Crippen LogP contribution in [0.4, 0.5) is 10.5 Å². The molecule has 2 heterocycles. The average Bonchev–Trinajstić information content (AvgIpc) is 3.38. The summed E-state index contributed by atoms with van der Waals surface area (Å²) in [6, 6.07) is 17.2. The monoisotopic (exact) mass is 479 g/mol. The topological polar surface area (TPSA) is 104 Å². The van der Waals surface area contributed by atoms with Crippen molar-refractivity contribution in [3.8, 4) is 11.5 Å². The molecule has 1 fully saturated rings. The summed E-state index contributed by atoms with van der Waals surface area (Å²) in [6.07, 6.45) is 3.40. The molecule has 1 saturated heterocycles. The number of thioether (sulfide) groups is 1. The first-order chi connectivity index (χ1) is 16.5. The van der Waals surface area contributed by atoms with E-state index >= 15 is 0 Å². The fourth-order valence-electron chi connectivity index (χ4n) is 3.52. The first kappa shape index (κ1) is 23.1. The van der Waals surface area contributed by atoms with Crippen molar-refractivity contribution in [1.82, 2.24) is 9.47 Å². The van der Waals surface area contributed by atoms with Gasteiger partial charge in [0.25, 0.3) is 16.8 Å². The predicted octanol–water partition coefficient (Wildman–Crippen LogP) is 4.57. The van der Waals surface area contributed by atoms with E-state index in [0.717, 1.165) is 16.7 Å². The second kappa shape index (κ2) is 10.3. The Balaban J connectivity index is 1.45. The van der Waals surface area contributed by atoms with Crippen LogP contribution in [0, 0.1) is 10.1 Å². The predicted molar refractivity (Wildman–Crippen MR) is 128 cm³/mol. The molecule has 0 atom stereocenters. The number of carbonyl (C=O) groups is 2. The third-order valence-corrected chi connectivity index (χ3v) is 6.10. The molecule has 1 aliphatic heterocycles. The number of para-hydroxylation sites is 3. The van der Waals surface area contributed by atoms with Crippen LogP contribution in [0.2, 0.25) is 0 Å². The number of aromatic nitrogens is 1. The Morgan fingerprint density at radius 3 is 2.53 bits per heavy atom. The van der Waals surface area contributed by atoms with Crippen LogP contribution in [-0.4, -0.2) is 45.8 Å². The number of amides is 2. The van der Waals surface area contributed by atoms with Gasteiger partial charge in [-0.25, -0.2) is 0 Å². The Bertz CT molecular complexity index is 1270. The number of nitrogens with zero attached hydrogens (tertiary/aromatic N) is 3. The molecule has 3 aromatic rings. The lowest BCUT2D eigenvalue weighted by molar-refractivity contribution is -0.385. The molecule has 0 radical (unpaired) electrons. The number of hydrogen-bond donors (Lipinski definition) is 0. The van der Waals surface area contributed by atoms with Crippen molar-refractivity contribution in [2.45, 2.75) is 6.54 Å². The van der Waals surface area contributed by atoms with Crippen LogP contribution >= 0.6 is 11.8 Å². The molecule has 0 saturated carbocycles. The minimum Gasteiger partial charge on any atom is -0.493 e. The van der Waals surface area contributed by atoms with Crippen molar-refractivity contribution in [2.24, 2.45) is 0 Å². The highest BCUT2D eigenvalue weighted by Crippen LogP contribution is 2.33. The Labute approximate surface area is 199 Å². The number of carbonyl (C=O) groups excluding carboxylic acids is 2. The summed E-state index contributed by atoms with van der Waals surface area (Å²) in [6.45, 7) is 0.476. The van der Waals surface area contributed by atoms with E-state index in [4.69, 9.17) is 9.47 Å². The van der Waals surface area contributed by atoms with Gasteiger partial charge < -0.3 is 14.0 Å². The number of methoxy groups -OCH3 is 1. The molecule has 0 unspecified atom stereocenters. The average molecular weight is 480 g/mol. The molecule has 10 heteroatoms. The molecular weight excluding hydrogens is 458 g/mol. The number of benzene rings is 2. The third-order valence-electron chi connectivity index (χ3n) is 5.19. The zero-order valence-electron chi connectivity index (χ0n) is 18.2. The Morgan fingerprint density at radius 1 is 1.03 bits per heavy atom. The number of ether oxygens (including phenoxy) is 2. The molecule has 2 aromatic carbocycles. The van der Waals surface area contributed by atoms with Gasteiger partial charge in [0.1, 0.15) is 6.61 Å². The lowest BCUT2D eigenvalue weighted by Gasteiger charge is -2.14. The second-order valence-corrected chi connectivity index (χ2v) is 8.27. The maximum Gasteiger partial charge on any atom is 0.293 e. The van der Waals surface area contributed by atoms with E-state index in [1.165, 1.54) is 13.2 Å². The lowest BCUT2D eigenvalue weighted by atomic mass is 10.2. The Hall–Kier alpha value is -4.05. The van der Waals surface area contributed by atoms with Crippen molar-refractivity contribution in [3.63, 3.8) is 0 Å². The van der Waals surface area contributed by atoms with Gasteiger partial charge in [-0.1, -0.05) is 30.3 Å². The van der Waals surface area contributed by atoms with E-state index in [1.807, 2.05) is 6.07 Å². The largest absolute Gasteiger partial charge is 0.493 e. The minimum atomic E-state index is -0.420. The van der Waals surface area contributed by atoms with Crippen LogP contribution in [0.5, 0.6) is 11.5 Å². The van der Waals surface area contributed by atoms with Crippen LogP contribution in [0.3, 0.4) is 0 Å². The van der Waals surface area contributed by atoms with E-state index in [9.17, 15) is 19.7 Å². The van der Waals surface area contributed by atoms with Crippen LogP contribution in [0.1, 0.15) is 11.3 Å². The van der Waals surface area contributed by atoms with E-state index in [2.05, 4.69) is 0 Å². The van der Waals surface area contributed by atoms with Crippen LogP contribution in [0.15, 0.2) is 71.8 Å². The molecule has 4 rings (SSSR count). The Morgan fingerprint density at radius 2 is 1.76 bits per heavy atom. The SMILES string of the molecule is COc1ccccc1OCCN1C(=O)S/C(=C\c2cccn2Cc2ccccc2[N+](=O)[O-])C1=O. The van der Waals surface area contributed by atoms with E-state index in [-0.39, 0.29) is 35.5 Å². The van der Waals surface area contributed by atoms with Gasteiger partial charge in [-0.15, -0.1) is 0 Å². The fraction of sp³-hybridized carbons (Fsp3) is 0.167. The molecular formula is C24H21N3O6S. The summed E-state index contributed by atoms with van der Waals surface area (Å²) in [7, 11) is 1.54. The van der Waals surface area contributed by atoms with E-state index in [1.54, 1.807) is 65.4 Å². The molecule has 0 spiro atoms. The Kier molecular flexibility index (Phi) is 6.98. The minimum absolute atomic E-state index is 0.0255. The maximum absolute atomic E-state index is 12.9. The number of nitro benzene ring substituents is 1. The highest BCUT2D eigenvalue weighted by molar-refractivity contribution is 8.18. The van der Waals surface area contributed by atoms with E-state index < -0.39 is 10.8 Å². The number of imide groups is 1. The van der Waals surface area contributed by atoms with Gasteiger partial charge >= 0.3 is 0 Å². The van der Waals surface area contributed by atoms with Gasteiger partial charge in [-0.2, -0.15) is 0 Å². The van der Waals surface area contributed by atoms with Crippen LogP contribution < -0.4 is 9.47 Å². The van der Waals surface area contributed by atoms with Gasteiger partial charge in [0.15, 0.2) is 11.5 Å². The first-order valence-electron chi connectivity index (χ1n) is 10.4. The number of hydrogen-bond acceptors (Lipinski definition) is 7. The lowest BCUT2D eigenvalue weighted by Crippen LogP contribution is -2.32. The molecule has 174 valence electrons. The second-order valence-electron chi connectivity index (χ2n) is 7.28. The van der Waals surface area contributed by atoms with Crippen molar-refractivity contribution >= 4 is 34.7 Å². The number of nitro groups is 1. The summed E-state index contributed by atoms with van der Waals surface area (Å²) >= 11 is 0.854. The molecule has 0 bridgehead atoms. The van der Waals surface area contributed by atoms with Gasteiger partial charge in [-0.05, 0) is 42.1 Å². The maximum atomic E-state index is 12.9. The van der Waals surface area contributed by atoms with Gasteiger partial charge in [0.05, 0.1) is 30.0 Å². The summed E-state index contributed by atoms with van der Waals surface area (Å²) in [5, 5.41) is 10.9. The van der Waals surface area contributed by atoms with Gasteiger partial charge in [-0.3, -0.25) is 24.6 Å². The molecule has 9 nitrogen and oxygen atoms in total. The molecule has 1 aromatic heterocycles. The zero-order valence-corrected chi connectivity index (χ0v) is 19.1. The van der Waals surface area contributed by atoms with Gasteiger partial charge in [0, 0.05) is 23.5 Å². The fourth-order valence-corrected chi connectivity index (χ4v) is 4.37. The standard InChI is InChI=1S/C24H21N3O6S/c1-32-20-10-4-5-11-21(20)33-14-13-26-23(28)22(34-24(26)29)15-18-8-6-12-25(18)16-17-7-2-3-9-19(17)27(30)31/h2-12,15H,13-14,16H2,1H3/b22-15-. The number of rotatable bonds is 9.